The Morgan fingerprint density at radius 3 is 3.04 bits per heavy atom. The molecule has 0 spiro atoms. The van der Waals surface area contributed by atoms with E-state index in [1.807, 2.05) is 52.8 Å². The summed E-state index contributed by atoms with van der Waals surface area (Å²) in [4.78, 5) is 14.5. The van der Waals surface area contributed by atoms with E-state index in [2.05, 4.69) is 10.2 Å². The Labute approximate surface area is 139 Å². The normalized spacial score (nSPS) is 18.0. The number of fused-ring (bicyclic) bond motifs is 1. The molecule has 1 fully saturated rings. The molecule has 1 aliphatic rings. The van der Waals surface area contributed by atoms with E-state index in [1.165, 1.54) is 0 Å². The molecule has 4 rings (SSSR count). The summed E-state index contributed by atoms with van der Waals surface area (Å²) in [7, 11) is 0. The Kier molecular flexibility index (Phi) is 3.65. The Morgan fingerprint density at radius 2 is 2.21 bits per heavy atom. The number of hydrogen-bond donors (Lipinski definition) is 0. The minimum Gasteiger partial charge on any atom is -0.462 e. The standard InChI is InChI=1S/C18H18N4O2/c1-13-7-8-14(24-13)9-10-17(23)21-12-4-5-15(21)18-20-19-16-6-2-3-11-22(16)18/h2-3,6-11,15H,4-5,12H2,1H3/b10-9+/t15-/m0/s1. The van der Waals surface area contributed by atoms with Gasteiger partial charge in [-0.25, -0.2) is 0 Å². The third-order valence-electron chi connectivity index (χ3n) is 4.33. The van der Waals surface area contributed by atoms with Crippen molar-refractivity contribution in [1.82, 2.24) is 19.5 Å². The first-order chi connectivity index (χ1) is 11.7. The highest BCUT2D eigenvalue weighted by molar-refractivity contribution is 5.91. The summed E-state index contributed by atoms with van der Waals surface area (Å²) in [6.45, 7) is 2.61. The summed E-state index contributed by atoms with van der Waals surface area (Å²) in [5, 5.41) is 8.50. The van der Waals surface area contributed by atoms with Gasteiger partial charge in [-0.05, 0) is 50.1 Å². The summed E-state index contributed by atoms with van der Waals surface area (Å²) in [6.07, 6.45) is 7.08. The van der Waals surface area contributed by atoms with E-state index in [0.717, 1.165) is 36.6 Å². The van der Waals surface area contributed by atoms with Crippen LogP contribution in [0.2, 0.25) is 0 Å². The number of furan rings is 1. The van der Waals surface area contributed by atoms with E-state index < -0.39 is 0 Å². The average molecular weight is 322 g/mol. The lowest BCUT2D eigenvalue weighted by Gasteiger charge is -2.22. The highest BCUT2D eigenvalue weighted by Crippen LogP contribution is 2.31. The number of hydrogen-bond acceptors (Lipinski definition) is 4. The molecule has 3 aromatic rings. The smallest absolute Gasteiger partial charge is 0.247 e. The van der Waals surface area contributed by atoms with Gasteiger partial charge in [0.1, 0.15) is 11.5 Å². The number of aryl methyl sites for hydroxylation is 1. The van der Waals surface area contributed by atoms with Crippen molar-refractivity contribution in [2.45, 2.75) is 25.8 Å². The predicted octanol–water partition coefficient (Wildman–Crippen LogP) is 3.01. The second-order valence-electron chi connectivity index (χ2n) is 5.96. The zero-order valence-electron chi connectivity index (χ0n) is 13.4. The molecule has 0 N–H and O–H groups in total. The van der Waals surface area contributed by atoms with Crippen LogP contribution in [0.4, 0.5) is 0 Å². The zero-order chi connectivity index (χ0) is 16.5. The van der Waals surface area contributed by atoms with Crippen molar-refractivity contribution in [3.05, 3.63) is 59.9 Å². The van der Waals surface area contributed by atoms with Gasteiger partial charge >= 0.3 is 0 Å². The van der Waals surface area contributed by atoms with E-state index >= 15 is 0 Å². The molecule has 0 radical (unpaired) electrons. The van der Waals surface area contributed by atoms with Crippen LogP contribution in [0.5, 0.6) is 0 Å². The highest BCUT2D eigenvalue weighted by Gasteiger charge is 2.32. The number of pyridine rings is 1. The molecule has 0 saturated carbocycles. The first-order valence-corrected chi connectivity index (χ1v) is 8.07. The lowest BCUT2D eigenvalue weighted by Crippen LogP contribution is -2.30. The Hall–Kier alpha value is -2.89. The third-order valence-corrected chi connectivity index (χ3v) is 4.33. The van der Waals surface area contributed by atoms with E-state index in [4.69, 9.17) is 4.42 Å². The predicted molar refractivity (Wildman–Crippen MR) is 89.2 cm³/mol. The number of carbonyl (C=O) groups excluding carboxylic acids is 1. The monoisotopic (exact) mass is 322 g/mol. The summed E-state index contributed by atoms with van der Waals surface area (Å²) in [5.74, 6) is 2.30. The summed E-state index contributed by atoms with van der Waals surface area (Å²) in [5.41, 5.74) is 0.799. The molecule has 3 aromatic heterocycles. The van der Waals surface area contributed by atoms with Crippen molar-refractivity contribution in [3.8, 4) is 0 Å². The van der Waals surface area contributed by atoms with Crippen LogP contribution in [-0.2, 0) is 4.79 Å². The van der Waals surface area contributed by atoms with Crippen LogP contribution in [0.15, 0.2) is 47.0 Å². The maximum atomic E-state index is 12.6. The fourth-order valence-electron chi connectivity index (χ4n) is 3.18. The molecule has 6 nitrogen and oxygen atoms in total. The minimum atomic E-state index is -0.0436. The molecule has 122 valence electrons. The molecule has 1 atom stereocenters. The number of nitrogens with zero attached hydrogens (tertiary/aromatic N) is 4. The van der Waals surface area contributed by atoms with Crippen molar-refractivity contribution in [2.24, 2.45) is 0 Å². The maximum absolute atomic E-state index is 12.6. The number of carbonyl (C=O) groups is 1. The SMILES string of the molecule is Cc1ccc(/C=C/C(=O)N2CCC[C@H]2c2nnc3ccccn23)o1. The highest BCUT2D eigenvalue weighted by atomic mass is 16.3. The number of aromatic nitrogens is 3. The molecule has 0 aliphatic carbocycles. The largest absolute Gasteiger partial charge is 0.462 e. The molecule has 4 heterocycles. The quantitative estimate of drug-likeness (QED) is 0.695. The lowest BCUT2D eigenvalue weighted by molar-refractivity contribution is -0.127. The van der Waals surface area contributed by atoms with E-state index in [0.29, 0.717) is 5.76 Å². The van der Waals surface area contributed by atoms with Gasteiger partial charge in [0, 0.05) is 18.8 Å². The molecule has 1 saturated heterocycles. The molecule has 6 heteroatoms. The Balaban J connectivity index is 1.58. The molecular formula is C18H18N4O2. The summed E-state index contributed by atoms with van der Waals surface area (Å²) in [6, 6.07) is 9.48. The fraction of sp³-hybridized carbons (Fsp3) is 0.278. The topological polar surface area (TPSA) is 63.6 Å². The van der Waals surface area contributed by atoms with Gasteiger partial charge < -0.3 is 9.32 Å². The second-order valence-corrected chi connectivity index (χ2v) is 5.96. The van der Waals surface area contributed by atoms with E-state index in [-0.39, 0.29) is 11.9 Å². The summed E-state index contributed by atoms with van der Waals surface area (Å²) >= 11 is 0. The molecule has 0 aromatic carbocycles. The first-order valence-electron chi connectivity index (χ1n) is 8.07. The van der Waals surface area contributed by atoms with Crippen molar-refractivity contribution >= 4 is 17.6 Å². The van der Waals surface area contributed by atoms with Crippen molar-refractivity contribution in [3.63, 3.8) is 0 Å². The van der Waals surface area contributed by atoms with Crippen molar-refractivity contribution < 1.29 is 9.21 Å². The molecule has 0 bridgehead atoms. The van der Waals surface area contributed by atoms with Crippen LogP contribution in [0.3, 0.4) is 0 Å². The van der Waals surface area contributed by atoms with E-state index in [1.54, 1.807) is 12.2 Å². The van der Waals surface area contributed by atoms with E-state index in [9.17, 15) is 4.79 Å². The average Bonchev–Trinajstić information content (AvgIpc) is 3.31. The maximum Gasteiger partial charge on any atom is 0.247 e. The van der Waals surface area contributed by atoms with Gasteiger partial charge in [-0.3, -0.25) is 9.20 Å². The fourth-order valence-corrected chi connectivity index (χ4v) is 3.18. The third kappa shape index (κ3) is 2.60. The van der Waals surface area contributed by atoms with Gasteiger partial charge in [0.15, 0.2) is 11.5 Å². The minimum absolute atomic E-state index is 0.0285. The summed E-state index contributed by atoms with van der Waals surface area (Å²) < 4.78 is 7.42. The first kappa shape index (κ1) is 14.7. The van der Waals surface area contributed by atoms with Crippen LogP contribution < -0.4 is 0 Å². The molecule has 24 heavy (non-hydrogen) atoms. The number of likely N-dealkylation sites (tertiary alicyclic amines) is 1. The van der Waals surface area contributed by atoms with Crippen LogP contribution in [0, 0.1) is 6.92 Å². The van der Waals surface area contributed by atoms with Crippen molar-refractivity contribution in [2.75, 3.05) is 6.54 Å². The molecule has 0 unspecified atom stereocenters. The Morgan fingerprint density at radius 1 is 1.29 bits per heavy atom. The number of rotatable bonds is 3. The van der Waals surface area contributed by atoms with Gasteiger partial charge in [-0.15, -0.1) is 10.2 Å². The molecule has 1 amide bonds. The number of amides is 1. The van der Waals surface area contributed by atoms with Crippen LogP contribution in [0.1, 0.15) is 36.2 Å². The zero-order valence-corrected chi connectivity index (χ0v) is 13.4. The molecular weight excluding hydrogens is 304 g/mol. The lowest BCUT2D eigenvalue weighted by atomic mass is 10.2. The van der Waals surface area contributed by atoms with Gasteiger partial charge in [-0.2, -0.15) is 0 Å². The van der Waals surface area contributed by atoms with Crippen LogP contribution in [0.25, 0.3) is 11.7 Å². The molecule has 1 aliphatic heterocycles. The van der Waals surface area contributed by atoms with Crippen molar-refractivity contribution in [1.29, 1.82) is 0 Å². The van der Waals surface area contributed by atoms with Crippen LogP contribution >= 0.6 is 0 Å². The van der Waals surface area contributed by atoms with Gasteiger partial charge in [0.25, 0.3) is 0 Å². The second kappa shape index (κ2) is 5.96. The Bertz CT molecular complexity index is 909. The van der Waals surface area contributed by atoms with Gasteiger partial charge in [0.05, 0.1) is 6.04 Å². The van der Waals surface area contributed by atoms with Gasteiger partial charge in [0.2, 0.25) is 5.91 Å². The van der Waals surface area contributed by atoms with Gasteiger partial charge in [-0.1, -0.05) is 6.07 Å². The van der Waals surface area contributed by atoms with Crippen LogP contribution in [-0.4, -0.2) is 31.9 Å².